The molecule has 0 saturated heterocycles. The lowest BCUT2D eigenvalue weighted by molar-refractivity contribution is -0.123. The predicted molar refractivity (Wildman–Crippen MR) is 101 cm³/mol. The third-order valence-electron chi connectivity index (χ3n) is 4.11. The lowest BCUT2D eigenvalue weighted by atomic mass is 9.85. The number of benzene rings is 1. The highest BCUT2D eigenvalue weighted by Crippen LogP contribution is 2.26. The van der Waals surface area contributed by atoms with Gasteiger partial charge in [-0.3, -0.25) is 4.79 Å². The molecule has 128 valence electrons. The zero-order chi connectivity index (χ0) is 17.7. The summed E-state index contributed by atoms with van der Waals surface area (Å²) in [5.74, 6) is 0.818. The number of carbonyl (C=O) groups is 1. The van der Waals surface area contributed by atoms with E-state index in [1.807, 2.05) is 39.0 Å². The summed E-state index contributed by atoms with van der Waals surface area (Å²) in [4.78, 5) is 12.0. The molecule has 1 atom stereocenters. The molecular formula is C19H23BrN2O2. The molecule has 4 nitrogen and oxygen atoms in total. The van der Waals surface area contributed by atoms with E-state index in [9.17, 15) is 4.79 Å². The summed E-state index contributed by atoms with van der Waals surface area (Å²) in [5.41, 5.74) is 6.72. The van der Waals surface area contributed by atoms with Crippen LogP contribution in [0.3, 0.4) is 0 Å². The number of allylic oxidation sites excluding steroid dienone is 3. The number of ether oxygens (including phenoxy) is 1. The largest absolute Gasteiger partial charge is 0.483 e. The van der Waals surface area contributed by atoms with Gasteiger partial charge < -0.3 is 4.74 Å². The Morgan fingerprint density at radius 2 is 2.21 bits per heavy atom. The van der Waals surface area contributed by atoms with Gasteiger partial charge in [-0.15, -0.1) is 0 Å². The smallest absolute Gasteiger partial charge is 0.277 e. The zero-order valence-electron chi connectivity index (χ0n) is 14.4. The monoisotopic (exact) mass is 390 g/mol. The van der Waals surface area contributed by atoms with Crippen molar-refractivity contribution in [1.82, 2.24) is 5.43 Å². The number of aryl methyl sites for hydroxylation is 1. The van der Waals surface area contributed by atoms with Crippen molar-refractivity contribution in [2.24, 2.45) is 11.0 Å². The van der Waals surface area contributed by atoms with Crippen molar-refractivity contribution in [1.29, 1.82) is 0 Å². The van der Waals surface area contributed by atoms with E-state index in [-0.39, 0.29) is 12.5 Å². The molecule has 2 rings (SSSR count). The molecule has 24 heavy (non-hydrogen) atoms. The fraction of sp³-hybridized carbons (Fsp3) is 0.368. The van der Waals surface area contributed by atoms with Crippen molar-refractivity contribution in [3.05, 3.63) is 52.0 Å². The zero-order valence-corrected chi connectivity index (χ0v) is 15.9. The fourth-order valence-corrected chi connectivity index (χ4v) is 2.98. The minimum atomic E-state index is -0.268. The number of amides is 1. The molecule has 1 amide bonds. The van der Waals surface area contributed by atoms with Gasteiger partial charge in [-0.2, -0.15) is 5.10 Å². The quantitative estimate of drug-likeness (QED) is 0.592. The van der Waals surface area contributed by atoms with Crippen molar-refractivity contribution in [2.45, 2.75) is 33.6 Å². The van der Waals surface area contributed by atoms with Crippen LogP contribution in [-0.2, 0) is 4.79 Å². The number of hydrazone groups is 1. The van der Waals surface area contributed by atoms with E-state index in [1.165, 1.54) is 0 Å². The molecule has 1 N–H and O–H groups in total. The fourth-order valence-electron chi connectivity index (χ4n) is 2.50. The standard InChI is InChI=1S/C19H23BrN2O2/c1-12(2)15-6-5-13(3)17(10-15)21-22-19(23)11-24-18-8-7-16(20)9-14(18)4/h5,7-9,15H,1,6,10-11H2,2-4H3,(H,22,23)/b21-17+/t15-/m1/s1. The molecule has 0 heterocycles. The maximum absolute atomic E-state index is 12.0. The molecule has 0 bridgehead atoms. The summed E-state index contributed by atoms with van der Waals surface area (Å²) in [6, 6.07) is 5.67. The molecule has 1 aliphatic rings. The molecule has 0 aliphatic heterocycles. The summed E-state index contributed by atoms with van der Waals surface area (Å²) in [6.07, 6.45) is 3.94. The average molecular weight is 391 g/mol. The lowest BCUT2D eigenvalue weighted by Crippen LogP contribution is -2.27. The van der Waals surface area contributed by atoms with Gasteiger partial charge in [0.15, 0.2) is 6.61 Å². The van der Waals surface area contributed by atoms with E-state index in [0.29, 0.717) is 11.7 Å². The van der Waals surface area contributed by atoms with Crippen LogP contribution < -0.4 is 10.2 Å². The minimum Gasteiger partial charge on any atom is -0.483 e. The van der Waals surface area contributed by atoms with Gasteiger partial charge in [0.1, 0.15) is 5.75 Å². The second kappa shape index (κ2) is 8.29. The number of rotatable bonds is 5. The van der Waals surface area contributed by atoms with E-state index in [1.54, 1.807) is 0 Å². The maximum Gasteiger partial charge on any atom is 0.277 e. The highest BCUT2D eigenvalue weighted by atomic mass is 79.9. The van der Waals surface area contributed by atoms with Crippen LogP contribution in [0.15, 0.2) is 51.6 Å². The van der Waals surface area contributed by atoms with Crippen LogP contribution in [0, 0.1) is 12.8 Å². The molecule has 0 spiro atoms. The van der Waals surface area contributed by atoms with Crippen molar-refractivity contribution in [3.8, 4) is 5.75 Å². The van der Waals surface area contributed by atoms with Crippen molar-refractivity contribution in [2.75, 3.05) is 6.61 Å². The van der Waals surface area contributed by atoms with E-state index in [4.69, 9.17) is 4.74 Å². The van der Waals surface area contributed by atoms with E-state index < -0.39 is 0 Å². The molecule has 0 fully saturated rings. The first-order valence-corrected chi connectivity index (χ1v) is 8.73. The van der Waals surface area contributed by atoms with Crippen LogP contribution in [0.25, 0.3) is 0 Å². The Morgan fingerprint density at radius 3 is 2.88 bits per heavy atom. The first-order valence-electron chi connectivity index (χ1n) is 7.93. The van der Waals surface area contributed by atoms with Gasteiger partial charge in [0.2, 0.25) is 0 Å². The van der Waals surface area contributed by atoms with Crippen LogP contribution >= 0.6 is 15.9 Å². The Hall–Kier alpha value is -1.88. The van der Waals surface area contributed by atoms with Crippen molar-refractivity contribution >= 4 is 27.5 Å². The van der Waals surface area contributed by atoms with E-state index in [2.05, 4.69) is 39.1 Å². The molecule has 1 aliphatic carbocycles. The minimum absolute atomic E-state index is 0.0636. The first-order chi connectivity index (χ1) is 11.4. The van der Waals surface area contributed by atoms with Crippen LogP contribution in [0.5, 0.6) is 5.75 Å². The first kappa shape index (κ1) is 18.5. The second-order valence-electron chi connectivity index (χ2n) is 6.16. The highest BCUT2D eigenvalue weighted by molar-refractivity contribution is 9.10. The van der Waals surface area contributed by atoms with Crippen molar-refractivity contribution in [3.63, 3.8) is 0 Å². The molecule has 0 saturated carbocycles. The van der Waals surface area contributed by atoms with Gasteiger partial charge in [-0.25, -0.2) is 5.43 Å². The number of nitrogens with one attached hydrogen (secondary N) is 1. The number of hydrogen-bond acceptors (Lipinski definition) is 3. The van der Waals surface area contributed by atoms with Gasteiger partial charge in [0.05, 0.1) is 5.71 Å². The van der Waals surface area contributed by atoms with Crippen LogP contribution in [0.1, 0.15) is 32.3 Å². The maximum atomic E-state index is 12.0. The van der Waals surface area contributed by atoms with Crippen molar-refractivity contribution < 1.29 is 9.53 Å². The molecule has 0 unspecified atom stereocenters. The van der Waals surface area contributed by atoms with Gasteiger partial charge in [0.25, 0.3) is 5.91 Å². The van der Waals surface area contributed by atoms with Gasteiger partial charge in [0, 0.05) is 4.47 Å². The third-order valence-corrected chi connectivity index (χ3v) is 4.60. The average Bonchev–Trinajstić information content (AvgIpc) is 2.53. The normalized spacial score (nSPS) is 18.9. The topological polar surface area (TPSA) is 50.7 Å². The number of nitrogens with zero attached hydrogens (tertiary/aromatic N) is 1. The summed E-state index contributed by atoms with van der Waals surface area (Å²) < 4.78 is 6.53. The molecule has 1 aromatic carbocycles. The number of hydrogen-bond donors (Lipinski definition) is 1. The summed E-state index contributed by atoms with van der Waals surface area (Å²) in [7, 11) is 0. The summed E-state index contributed by atoms with van der Waals surface area (Å²) >= 11 is 3.40. The molecule has 5 heteroatoms. The Morgan fingerprint density at radius 1 is 1.46 bits per heavy atom. The van der Waals surface area contributed by atoms with E-state index >= 15 is 0 Å². The number of halogens is 1. The Bertz CT molecular complexity index is 707. The molecule has 0 aromatic heterocycles. The van der Waals surface area contributed by atoms with Gasteiger partial charge >= 0.3 is 0 Å². The third kappa shape index (κ3) is 5.06. The van der Waals surface area contributed by atoms with Gasteiger partial charge in [-0.1, -0.05) is 34.2 Å². The van der Waals surface area contributed by atoms with Crippen LogP contribution in [0.4, 0.5) is 0 Å². The highest BCUT2D eigenvalue weighted by Gasteiger charge is 2.18. The lowest BCUT2D eigenvalue weighted by Gasteiger charge is -2.22. The SMILES string of the molecule is C=C(C)[C@@H]1CC=C(C)/C(=N/NC(=O)COc2ccc(Br)cc2C)C1. The summed E-state index contributed by atoms with van der Waals surface area (Å²) in [6.45, 7) is 9.94. The van der Waals surface area contributed by atoms with E-state index in [0.717, 1.165) is 39.7 Å². The van der Waals surface area contributed by atoms with Crippen LogP contribution in [0.2, 0.25) is 0 Å². The Kier molecular flexibility index (Phi) is 6.37. The number of carbonyl (C=O) groups excluding carboxylic acids is 1. The van der Waals surface area contributed by atoms with Crippen LogP contribution in [-0.4, -0.2) is 18.2 Å². The Balaban J connectivity index is 1.91. The van der Waals surface area contributed by atoms with Gasteiger partial charge in [-0.05, 0) is 68.9 Å². The Labute approximate surface area is 151 Å². The molecule has 0 radical (unpaired) electrons. The molecular weight excluding hydrogens is 368 g/mol. The summed E-state index contributed by atoms with van der Waals surface area (Å²) in [5, 5.41) is 4.27. The second-order valence-corrected chi connectivity index (χ2v) is 7.08. The predicted octanol–water partition coefficient (Wildman–Crippen LogP) is 4.54. The molecule has 1 aromatic rings.